The number of carboxylic acid groups (broad SMARTS) is 1. The molecule has 1 N–H and O–H groups in total. The van der Waals surface area contributed by atoms with Crippen LogP contribution >= 0.6 is 0 Å². The van der Waals surface area contributed by atoms with Crippen LogP contribution in [0.5, 0.6) is 11.5 Å². The molecule has 4 rings (SSSR count). The van der Waals surface area contributed by atoms with Crippen LogP contribution in [-0.2, 0) is 20.7 Å². The van der Waals surface area contributed by atoms with Crippen molar-refractivity contribution < 1.29 is 28.9 Å². The molecule has 0 radical (unpaired) electrons. The lowest BCUT2D eigenvalue weighted by Gasteiger charge is -2.35. The molecule has 2 atom stereocenters. The molecule has 1 unspecified atom stereocenters. The normalized spacial score (nSPS) is 25.5. The SMILES string of the molecule is O=C(O)C1CCO[C@H]1C1CCN(C(=O)Cc2ccc3c(c2)OCO3)CC1. The highest BCUT2D eigenvalue weighted by Crippen LogP contribution is 2.34. The molecule has 1 amide bonds. The average molecular weight is 361 g/mol. The zero-order valence-corrected chi connectivity index (χ0v) is 14.6. The minimum atomic E-state index is -0.770. The first kappa shape index (κ1) is 17.1. The quantitative estimate of drug-likeness (QED) is 0.878. The molecule has 3 aliphatic rings. The Labute approximate surface area is 151 Å². The van der Waals surface area contributed by atoms with E-state index >= 15 is 0 Å². The Morgan fingerprint density at radius 1 is 1.12 bits per heavy atom. The van der Waals surface area contributed by atoms with Gasteiger partial charge >= 0.3 is 5.97 Å². The monoisotopic (exact) mass is 361 g/mol. The molecular formula is C19H23NO6. The van der Waals surface area contributed by atoms with E-state index in [0.717, 1.165) is 18.4 Å². The average Bonchev–Trinajstić information content (AvgIpc) is 3.30. The maximum atomic E-state index is 12.6. The number of carbonyl (C=O) groups excluding carboxylic acids is 1. The fourth-order valence-corrected chi connectivity index (χ4v) is 4.15. The van der Waals surface area contributed by atoms with Gasteiger partial charge in [-0.2, -0.15) is 0 Å². The highest BCUT2D eigenvalue weighted by molar-refractivity contribution is 5.79. The van der Waals surface area contributed by atoms with E-state index in [4.69, 9.17) is 14.2 Å². The molecule has 2 saturated heterocycles. The van der Waals surface area contributed by atoms with Crippen LogP contribution in [0.25, 0.3) is 0 Å². The van der Waals surface area contributed by atoms with E-state index < -0.39 is 11.9 Å². The van der Waals surface area contributed by atoms with Crippen LogP contribution in [0.2, 0.25) is 0 Å². The summed E-state index contributed by atoms with van der Waals surface area (Å²) in [7, 11) is 0. The molecule has 3 aliphatic heterocycles. The lowest BCUT2D eigenvalue weighted by molar-refractivity contribution is -0.145. The summed E-state index contributed by atoms with van der Waals surface area (Å²) in [5, 5.41) is 9.32. The Morgan fingerprint density at radius 2 is 1.88 bits per heavy atom. The molecule has 26 heavy (non-hydrogen) atoms. The van der Waals surface area contributed by atoms with Gasteiger partial charge in [0.1, 0.15) is 0 Å². The van der Waals surface area contributed by atoms with E-state index in [1.807, 2.05) is 23.1 Å². The van der Waals surface area contributed by atoms with Gasteiger partial charge in [0.15, 0.2) is 11.5 Å². The third kappa shape index (κ3) is 3.35. The standard InChI is InChI=1S/C19H23NO6/c21-17(10-12-1-2-15-16(9-12)26-11-25-15)20-6-3-13(4-7-20)18-14(19(22)23)5-8-24-18/h1-2,9,13-14,18H,3-8,10-11H2,(H,22,23)/t14?,18-/m0/s1. The van der Waals surface area contributed by atoms with Gasteiger partial charge in [0, 0.05) is 19.7 Å². The second-order valence-electron chi connectivity index (χ2n) is 7.15. The summed E-state index contributed by atoms with van der Waals surface area (Å²) in [5.74, 6) is 0.529. The zero-order valence-electron chi connectivity index (χ0n) is 14.6. The fraction of sp³-hybridized carbons (Fsp3) is 0.579. The van der Waals surface area contributed by atoms with Gasteiger partial charge in [0.25, 0.3) is 0 Å². The summed E-state index contributed by atoms with van der Waals surface area (Å²) in [4.78, 5) is 25.8. The van der Waals surface area contributed by atoms with Crippen molar-refractivity contribution in [1.82, 2.24) is 4.90 Å². The third-order valence-corrected chi connectivity index (χ3v) is 5.60. The van der Waals surface area contributed by atoms with Crippen LogP contribution in [-0.4, -0.2) is 54.5 Å². The first-order valence-corrected chi connectivity index (χ1v) is 9.12. The summed E-state index contributed by atoms with van der Waals surface area (Å²) in [6.07, 6.45) is 2.30. The number of fused-ring (bicyclic) bond motifs is 1. The zero-order chi connectivity index (χ0) is 18.1. The smallest absolute Gasteiger partial charge is 0.309 e. The molecule has 3 heterocycles. The number of nitrogens with zero attached hydrogens (tertiary/aromatic N) is 1. The Hall–Kier alpha value is -2.28. The predicted molar refractivity (Wildman–Crippen MR) is 91.1 cm³/mol. The Kier molecular flexibility index (Phi) is 4.72. The van der Waals surface area contributed by atoms with Crippen molar-refractivity contribution in [3.05, 3.63) is 23.8 Å². The minimum absolute atomic E-state index is 0.0874. The van der Waals surface area contributed by atoms with E-state index in [9.17, 15) is 14.7 Å². The van der Waals surface area contributed by atoms with Gasteiger partial charge in [-0.25, -0.2) is 0 Å². The van der Waals surface area contributed by atoms with Gasteiger partial charge in [-0.1, -0.05) is 6.07 Å². The number of carboxylic acids is 1. The first-order chi connectivity index (χ1) is 12.6. The van der Waals surface area contributed by atoms with E-state index in [0.29, 0.717) is 44.0 Å². The van der Waals surface area contributed by atoms with Gasteiger partial charge in [0.2, 0.25) is 12.7 Å². The van der Waals surface area contributed by atoms with Crippen LogP contribution in [0.3, 0.4) is 0 Å². The Morgan fingerprint density at radius 3 is 2.65 bits per heavy atom. The number of hydrogen-bond acceptors (Lipinski definition) is 5. The second-order valence-corrected chi connectivity index (χ2v) is 7.15. The number of ether oxygens (including phenoxy) is 3. The molecule has 7 heteroatoms. The minimum Gasteiger partial charge on any atom is -0.481 e. The molecular weight excluding hydrogens is 338 g/mol. The number of piperidine rings is 1. The molecule has 0 bridgehead atoms. The summed E-state index contributed by atoms with van der Waals surface area (Å²) >= 11 is 0. The largest absolute Gasteiger partial charge is 0.481 e. The summed E-state index contributed by atoms with van der Waals surface area (Å²) in [5.41, 5.74) is 0.909. The van der Waals surface area contributed by atoms with E-state index in [2.05, 4.69) is 0 Å². The number of benzene rings is 1. The lowest BCUT2D eigenvalue weighted by atomic mass is 9.84. The third-order valence-electron chi connectivity index (χ3n) is 5.60. The molecule has 0 aliphatic carbocycles. The van der Waals surface area contributed by atoms with Crippen molar-refractivity contribution in [3.63, 3.8) is 0 Å². The van der Waals surface area contributed by atoms with Gasteiger partial charge in [-0.15, -0.1) is 0 Å². The van der Waals surface area contributed by atoms with Gasteiger partial charge in [-0.3, -0.25) is 9.59 Å². The fourth-order valence-electron chi connectivity index (χ4n) is 4.15. The molecule has 0 aromatic heterocycles. The van der Waals surface area contributed by atoms with E-state index in [1.165, 1.54) is 0 Å². The van der Waals surface area contributed by atoms with Crippen molar-refractivity contribution in [3.8, 4) is 11.5 Å². The van der Waals surface area contributed by atoms with Crippen LogP contribution in [0, 0.1) is 11.8 Å². The number of amides is 1. The van der Waals surface area contributed by atoms with Crippen molar-refractivity contribution in [2.45, 2.75) is 31.8 Å². The van der Waals surface area contributed by atoms with Crippen LogP contribution in [0.1, 0.15) is 24.8 Å². The molecule has 7 nitrogen and oxygen atoms in total. The van der Waals surface area contributed by atoms with E-state index in [-0.39, 0.29) is 24.7 Å². The highest BCUT2D eigenvalue weighted by Gasteiger charge is 2.40. The number of likely N-dealkylation sites (tertiary alicyclic amines) is 1. The van der Waals surface area contributed by atoms with Crippen LogP contribution in [0.4, 0.5) is 0 Å². The first-order valence-electron chi connectivity index (χ1n) is 9.12. The second kappa shape index (κ2) is 7.15. The number of hydrogen-bond donors (Lipinski definition) is 1. The van der Waals surface area contributed by atoms with E-state index in [1.54, 1.807) is 0 Å². The summed E-state index contributed by atoms with van der Waals surface area (Å²) < 4.78 is 16.3. The lowest BCUT2D eigenvalue weighted by Crippen LogP contribution is -2.43. The van der Waals surface area contributed by atoms with Crippen molar-refractivity contribution in [1.29, 1.82) is 0 Å². The summed E-state index contributed by atoms with van der Waals surface area (Å²) in [6, 6.07) is 5.58. The van der Waals surface area contributed by atoms with Crippen molar-refractivity contribution in [2.75, 3.05) is 26.5 Å². The topological polar surface area (TPSA) is 85.3 Å². The number of aliphatic carboxylic acids is 1. The molecule has 1 aromatic rings. The Bertz CT molecular complexity index is 697. The number of rotatable bonds is 4. The molecule has 0 spiro atoms. The molecule has 1 aromatic carbocycles. The van der Waals surface area contributed by atoms with Gasteiger partial charge in [0.05, 0.1) is 18.4 Å². The highest BCUT2D eigenvalue weighted by atomic mass is 16.7. The predicted octanol–water partition coefficient (Wildman–Crippen LogP) is 1.69. The maximum Gasteiger partial charge on any atom is 0.309 e. The number of carbonyl (C=O) groups is 2. The maximum absolute atomic E-state index is 12.6. The summed E-state index contributed by atoms with van der Waals surface area (Å²) in [6.45, 7) is 2.05. The van der Waals surface area contributed by atoms with Gasteiger partial charge < -0.3 is 24.2 Å². The molecule has 2 fully saturated rings. The van der Waals surface area contributed by atoms with Crippen molar-refractivity contribution >= 4 is 11.9 Å². The molecule has 0 saturated carbocycles. The van der Waals surface area contributed by atoms with Crippen molar-refractivity contribution in [2.24, 2.45) is 11.8 Å². The van der Waals surface area contributed by atoms with Gasteiger partial charge in [-0.05, 0) is 42.9 Å². The van der Waals surface area contributed by atoms with Crippen LogP contribution in [0.15, 0.2) is 18.2 Å². The molecule has 140 valence electrons. The Balaban J connectivity index is 1.31. The van der Waals surface area contributed by atoms with Crippen LogP contribution < -0.4 is 9.47 Å².